The first-order valence-electron chi connectivity index (χ1n) is 6.21. The molecule has 0 heterocycles. The summed E-state index contributed by atoms with van der Waals surface area (Å²) < 4.78 is 0. The van der Waals surface area contributed by atoms with Gasteiger partial charge in [-0.2, -0.15) is 0 Å². The molecule has 104 valence electrons. The molecule has 1 N–H and O–H groups in total. The molecule has 5 heteroatoms. The van der Waals surface area contributed by atoms with Gasteiger partial charge in [0, 0.05) is 17.6 Å². The molecule has 0 unspecified atom stereocenters. The van der Waals surface area contributed by atoms with Crippen molar-refractivity contribution < 1.29 is 4.92 Å². The quantitative estimate of drug-likeness (QED) is 0.667. The SMILES string of the molecule is Cc1ccc(C)c(CNc2cc(Cl)ccc2[N+](=O)[O-])c1. The van der Waals surface area contributed by atoms with Gasteiger partial charge in [0.25, 0.3) is 5.69 Å². The van der Waals surface area contributed by atoms with Gasteiger partial charge in [-0.3, -0.25) is 10.1 Å². The lowest BCUT2D eigenvalue weighted by Gasteiger charge is -2.10. The van der Waals surface area contributed by atoms with Crippen molar-refractivity contribution in [2.24, 2.45) is 0 Å². The van der Waals surface area contributed by atoms with Crippen LogP contribution in [0.2, 0.25) is 5.02 Å². The first-order chi connectivity index (χ1) is 9.47. The molecular formula is C15H15ClN2O2. The molecule has 0 radical (unpaired) electrons. The highest BCUT2D eigenvalue weighted by Crippen LogP contribution is 2.28. The van der Waals surface area contributed by atoms with E-state index in [0.29, 0.717) is 17.3 Å². The van der Waals surface area contributed by atoms with Crippen LogP contribution in [0.1, 0.15) is 16.7 Å². The Morgan fingerprint density at radius 1 is 1.20 bits per heavy atom. The van der Waals surface area contributed by atoms with Crippen molar-refractivity contribution in [2.45, 2.75) is 20.4 Å². The fourth-order valence-corrected chi connectivity index (χ4v) is 2.16. The summed E-state index contributed by atoms with van der Waals surface area (Å²) in [5.74, 6) is 0. The van der Waals surface area contributed by atoms with Crippen molar-refractivity contribution >= 4 is 23.0 Å². The minimum absolute atomic E-state index is 0.0275. The number of nitrogens with zero attached hydrogens (tertiary/aromatic N) is 1. The van der Waals surface area contributed by atoms with Crippen LogP contribution < -0.4 is 5.32 Å². The minimum atomic E-state index is -0.415. The second kappa shape index (κ2) is 5.92. The van der Waals surface area contributed by atoms with Gasteiger partial charge in [-0.05, 0) is 37.1 Å². The van der Waals surface area contributed by atoms with Gasteiger partial charge in [-0.1, -0.05) is 35.4 Å². The van der Waals surface area contributed by atoms with E-state index in [9.17, 15) is 10.1 Å². The van der Waals surface area contributed by atoms with Gasteiger partial charge in [0.15, 0.2) is 0 Å². The number of hydrogen-bond acceptors (Lipinski definition) is 3. The van der Waals surface area contributed by atoms with E-state index < -0.39 is 4.92 Å². The predicted octanol–water partition coefficient (Wildman–Crippen LogP) is 4.48. The number of hydrogen-bond donors (Lipinski definition) is 1. The molecule has 0 saturated heterocycles. The smallest absolute Gasteiger partial charge is 0.292 e. The number of anilines is 1. The van der Waals surface area contributed by atoms with Crippen LogP contribution in [0.4, 0.5) is 11.4 Å². The second-order valence-corrected chi connectivity index (χ2v) is 5.14. The molecule has 0 saturated carbocycles. The summed E-state index contributed by atoms with van der Waals surface area (Å²) in [4.78, 5) is 10.6. The van der Waals surface area contributed by atoms with Gasteiger partial charge >= 0.3 is 0 Å². The molecule has 20 heavy (non-hydrogen) atoms. The topological polar surface area (TPSA) is 55.2 Å². The first-order valence-corrected chi connectivity index (χ1v) is 6.59. The zero-order chi connectivity index (χ0) is 14.7. The largest absolute Gasteiger partial charge is 0.375 e. The molecule has 2 aromatic carbocycles. The Bertz CT molecular complexity index is 656. The highest BCUT2D eigenvalue weighted by molar-refractivity contribution is 6.31. The van der Waals surface area contributed by atoms with Gasteiger partial charge in [0.05, 0.1) is 4.92 Å². The van der Waals surface area contributed by atoms with Gasteiger partial charge < -0.3 is 5.32 Å². The Hall–Kier alpha value is -2.07. The van der Waals surface area contributed by atoms with Crippen LogP contribution in [0.3, 0.4) is 0 Å². The minimum Gasteiger partial charge on any atom is -0.375 e. The van der Waals surface area contributed by atoms with E-state index in [2.05, 4.69) is 11.4 Å². The van der Waals surface area contributed by atoms with Gasteiger partial charge in [0.2, 0.25) is 0 Å². The molecular weight excluding hydrogens is 276 g/mol. The normalized spacial score (nSPS) is 10.3. The van der Waals surface area contributed by atoms with E-state index in [0.717, 1.165) is 16.7 Å². The number of nitro groups is 1. The summed E-state index contributed by atoms with van der Waals surface area (Å²) in [7, 11) is 0. The molecule has 0 spiro atoms. The van der Waals surface area contributed by atoms with E-state index in [-0.39, 0.29) is 5.69 Å². The van der Waals surface area contributed by atoms with E-state index in [4.69, 9.17) is 11.6 Å². The molecule has 0 bridgehead atoms. The summed E-state index contributed by atoms with van der Waals surface area (Å²) in [6, 6.07) is 10.7. The summed E-state index contributed by atoms with van der Waals surface area (Å²) >= 11 is 5.90. The van der Waals surface area contributed by atoms with Crippen LogP contribution in [-0.4, -0.2) is 4.92 Å². The molecule has 0 atom stereocenters. The maximum Gasteiger partial charge on any atom is 0.292 e. The molecule has 2 rings (SSSR count). The van der Waals surface area contributed by atoms with Crippen LogP contribution in [0, 0.1) is 24.0 Å². The van der Waals surface area contributed by atoms with Crippen molar-refractivity contribution in [1.82, 2.24) is 0 Å². The average Bonchev–Trinajstić information content (AvgIpc) is 2.39. The Balaban J connectivity index is 2.24. The highest BCUT2D eigenvalue weighted by Gasteiger charge is 2.13. The van der Waals surface area contributed by atoms with Crippen LogP contribution in [-0.2, 0) is 6.54 Å². The Morgan fingerprint density at radius 3 is 2.65 bits per heavy atom. The summed E-state index contributed by atoms with van der Waals surface area (Å²) in [6.45, 7) is 4.56. The first kappa shape index (κ1) is 14.3. The highest BCUT2D eigenvalue weighted by atomic mass is 35.5. The summed E-state index contributed by atoms with van der Waals surface area (Å²) in [5, 5.41) is 14.6. The maximum atomic E-state index is 11.0. The third kappa shape index (κ3) is 3.27. The second-order valence-electron chi connectivity index (χ2n) is 4.70. The van der Waals surface area contributed by atoms with Crippen molar-refractivity contribution in [2.75, 3.05) is 5.32 Å². The molecule has 0 fully saturated rings. The van der Waals surface area contributed by atoms with Crippen molar-refractivity contribution in [3.8, 4) is 0 Å². The van der Waals surface area contributed by atoms with Crippen LogP contribution >= 0.6 is 11.6 Å². The zero-order valence-corrected chi connectivity index (χ0v) is 12.1. The molecule has 0 aliphatic carbocycles. The number of aryl methyl sites for hydroxylation is 2. The van der Waals surface area contributed by atoms with Crippen molar-refractivity contribution in [1.29, 1.82) is 0 Å². The molecule has 2 aromatic rings. The van der Waals surface area contributed by atoms with Gasteiger partial charge in [0.1, 0.15) is 5.69 Å². The zero-order valence-electron chi connectivity index (χ0n) is 11.3. The molecule has 4 nitrogen and oxygen atoms in total. The number of nitrogens with one attached hydrogen (secondary N) is 1. The van der Waals surface area contributed by atoms with Crippen LogP contribution in [0.5, 0.6) is 0 Å². The molecule has 0 aliphatic rings. The number of benzene rings is 2. The van der Waals surface area contributed by atoms with Crippen molar-refractivity contribution in [3.05, 3.63) is 68.2 Å². The fourth-order valence-electron chi connectivity index (χ4n) is 1.99. The van der Waals surface area contributed by atoms with E-state index in [1.54, 1.807) is 6.07 Å². The van der Waals surface area contributed by atoms with Crippen LogP contribution in [0.25, 0.3) is 0 Å². The number of rotatable bonds is 4. The molecule has 0 aromatic heterocycles. The lowest BCUT2D eigenvalue weighted by Crippen LogP contribution is -2.04. The summed E-state index contributed by atoms with van der Waals surface area (Å²) in [5.41, 5.74) is 3.88. The van der Waals surface area contributed by atoms with Gasteiger partial charge in [-0.15, -0.1) is 0 Å². The van der Waals surface area contributed by atoms with E-state index in [1.165, 1.54) is 12.1 Å². The monoisotopic (exact) mass is 290 g/mol. The Kier molecular flexibility index (Phi) is 4.25. The third-order valence-corrected chi connectivity index (χ3v) is 3.36. The molecule has 0 aliphatic heterocycles. The lowest BCUT2D eigenvalue weighted by atomic mass is 10.1. The van der Waals surface area contributed by atoms with E-state index in [1.807, 2.05) is 26.0 Å². The van der Waals surface area contributed by atoms with Crippen molar-refractivity contribution in [3.63, 3.8) is 0 Å². The average molecular weight is 291 g/mol. The standard InChI is InChI=1S/C15H15ClN2O2/c1-10-3-4-11(2)12(7-10)9-17-14-8-13(16)5-6-15(14)18(19)20/h3-8,17H,9H2,1-2H3. The Labute approximate surface area is 122 Å². The predicted molar refractivity (Wildman–Crippen MR) is 81.3 cm³/mol. The maximum absolute atomic E-state index is 11.0. The fraction of sp³-hybridized carbons (Fsp3) is 0.200. The third-order valence-electron chi connectivity index (χ3n) is 3.13. The number of nitro benzene ring substituents is 1. The lowest BCUT2D eigenvalue weighted by molar-refractivity contribution is -0.384. The summed E-state index contributed by atoms with van der Waals surface area (Å²) in [6.07, 6.45) is 0. The van der Waals surface area contributed by atoms with Gasteiger partial charge in [-0.25, -0.2) is 0 Å². The number of halogens is 1. The Morgan fingerprint density at radius 2 is 1.95 bits per heavy atom. The molecule has 0 amide bonds. The van der Waals surface area contributed by atoms with Crippen LogP contribution in [0.15, 0.2) is 36.4 Å². The van der Waals surface area contributed by atoms with E-state index >= 15 is 0 Å².